The molecule has 1 rings (SSSR count). The Hall–Kier alpha value is -1.56. The van der Waals surface area contributed by atoms with Gasteiger partial charge in [0.15, 0.2) is 6.10 Å². The van der Waals surface area contributed by atoms with Crippen LogP contribution in [0.2, 0.25) is 0 Å². The standard InChI is InChI=1S/C11H15F6N3O3/c12-10(13,14)5-18-9(23)19-7(21)4-20-3-1-2-6(20)8(22)11(15,16)17/h6,8,22H,1-5H2,(H2,18,19,21,23)/t6-,8-/m0/s1. The minimum absolute atomic E-state index is 0.00816. The van der Waals surface area contributed by atoms with Crippen molar-refractivity contribution < 1.29 is 41.0 Å². The molecule has 0 saturated carbocycles. The van der Waals surface area contributed by atoms with E-state index < -0.39 is 49.5 Å². The molecule has 0 bridgehead atoms. The van der Waals surface area contributed by atoms with Gasteiger partial charge in [0.2, 0.25) is 5.91 Å². The lowest BCUT2D eigenvalue weighted by molar-refractivity contribution is -0.219. The summed E-state index contributed by atoms with van der Waals surface area (Å²) in [5, 5.41) is 12.2. The van der Waals surface area contributed by atoms with E-state index in [1.54, 1.807) is 5.32 Å². The number of likely N-dealkylation sites (tertiary alicyclic amines) is 1. The Balaban J connectivity index is 2.48. The van der Waals surface area contributed by atoms with Crippen LogP contribution in [0, 0.1) is 0 Å². The molecule has 0 spiro atoms. The minimum Gasteiger partial charge on any atom is -0.382 e. The van der Waals surface area contributed by atoms with Gasteiger partial charge in [-0.1, -0.05) is 0 Å². The Morgan fingerprint density at radius 2 is 1.83 bits per heavy atom. The zero-order chi connectivity index (χ0) is 17.8. The molecule has 1 heterocycles. The maximum Gasteiger partial charge on any atom is 0.415 e. The molecule has 0 radical (unpaired) electrons. The van der Waals surface area contributed by atoms with E-state index in [4.69, 9.17) is 0 Å². The van der Waals surface area contributed by atoms with E-state index in [0.717, 1.165) is 4.90 Å². The van der Waals surface area contributed by atoms with Crippen molar-refractivity contribution in [3.8, 4) is 0 Å². The van der Waals surface area contributed by atoms with Crippen molar-refractivity contribution in [1.82, 2.24) is 15.5 Å². The summed E-state index contributed by atoms with van der Waals surface area (Å²) < 4.78 is 73.0. The van der Waals surface area contributed by atoms with Gasteiger partial charge in [-0.15, -0.1) is 0 Å². The first-order valence-electron chi connectivity index (χ1n) is 6.53. The number of carbonyl (C=O) groups excluding carboxylic acids is 2. The van der Waals surface area contributed by atoms with Crippen molar-refractivity contribution in [2.75, 3.05) is 19.6 Å². The molecule has 134 valence electrons. The molecule has 0 aromatic heterocycles. The molecule has 1 saturated heterocycles. The highest BCUT2D eigenvalue weighted by atomic mass is 19.4. The van der Waals surface area contributed by atoms with Crippen LogP contribution in [0.5, 0.6) is 0 Å². The van der Waals surface area contributed by atoms with Gasteiger partial charge in [-0.05, 0) is 19.4 Å². The van der Waals surface area contributed by atoms with Gasteiger partial charge in [0, 0.05) is 6.04 Å². The summed E-state index contributed by atoms with van der Waals surface area (Å²) >= 11 is 0. The number of imide groups is 1. The molecule has 1 aliphatic rings. The lowest BCUT2D eigenvalue weighted by Crippen LogP contribution is -2.51. The van der Waals surface area contributed by atoms with Crippen molar-refractivity contribution in [2.45, 2.75) is 37.3 Å². The number of hydrogen-bond acceptors (Lipinski definition) is 4. The summed E-state index contributed by atoms with van der Waals surface area (Å²) in [7, 11) is 0. The second-order valence-electron chi connectivity index (χ2n) is 5.01. The first-order valence-corrected chi connectivity index (χ1v) is 6.53. The van der Waals surface area contributed by atoms with Crippen LogP contribution >= 0.6 is 0 Å². The second-order valence-corrected chi connectivity index (χ2v) is 5.01. The van der Waals surface area contributed by atoms with E-state index in [1.165, 1.54) is 5.32 Å². The van der Waals surface area contributed by atoms with Crippen molar-refractivity contribution in [3.05, 3.63) is 0 Å². The molecule has 6 nitrogen and oxygen atoms in total. The summed E-state index contributed by atoms with van der Waals surface area (Å²) in [5.74, 6) is -1.06. The van der Waals surface area contributed by atoms with Crippen LogP contribution in [0.1, 0.15) is 12.8 Å². The highest BCUT2D eigenvalue weighted by molar-refractivity contribution is 5.95. The third-order valence-corrected chi connectivity index (χ3v) is 3.16. The molecule has 0 unspecified atom stereocenters. The predicted molar refractivity (Wildman–Crippen MR) is 64.3 cm³/mol. The molecule has 1 fully saturated rings. The quantitative estimate of drug-likeness (QED) is 0.654. The fourth-order valence-corrected chi connectivity index (χ4v) is 2.20. The predicted octanol–water partition coefficient (Wildman–Crippen LogP) is 0.762. The maximum atomic E-state index is 12.5. The summed E-state index contributed by atoms with van der Waals surface area (Å²) in [5.41, 5.74) is 0. The van der Waals surface area contributed by atoms with Crippen LogP contribution in [0.3, 0.4) is 0 Å². The fraction of sp³-hybridized carbons (Fsp3) is 0.818. The molecule has 0 aliphatic carbocycles. The highest BCUT2D eigenvalue weighted by Crippen LogP contribution is 2.30. The van der Waals surface area contributed by atoms with Gasteiger partial charge in [0.25, 0.3) is 0 Å². The number of aliphatic hydroxyl groups excluding tert-OH is 1. The van der Waals surface area contributed by atoms with Crippen molar-refractivity contribution >= 4 is 11.9 Å². The Morgan fingerprint density at radius 3 is 2.35 bits per heavy atom. The molecular formula is C11H15F6N3O3. The number of amides is 3. The number of alkyl halides is 6. The van der Waals surface area contributed by atoms with Crippen molar-refractivity contribution in [3.63, 3.8) is 0 Å². The molecule has 3 N–H and O–H groups in total. The van der Waals surface area contributed by atoms with E-state index >= 15 is 0 Å². The van der Waals surface area contributed by atoms with Crippen molar-refractivity contribution in [1.29, 1.82) is 0 Å². The van der Waals surface area contributed by atoms with Gasteiger partial charge in [-0.25, -0.2) is 4.79 Å². The summed E-state index contributed by atoms with van der Waals surface area (Å²) in [6.07, 6.45) is -11.8. The molecular weight excluding hydrogens is 336 g/mol. The molecule has 12 heteroatoms. The Bertz CT molecular complexity index is 440. The molecule has 23 heavy (non-hydrogen) atoms. The average molecular weight is 351 g/mol. The highest BCUT2D eigenvalue weighted by Gasteiger charge is 2.47. The SMILES string of the molecule is O=C(CN1CCC[C@H]1[C@H](O)C(F)(F)F)NC(=O)NCC(F)(F)F. The maximum absolute atomic E-state index is 12.5. The fourth-order valence-electron chi connectivity index (χ4n) is 2.20. The van der Waals surface area contributed by atoms with Gasteiger partial charge in [0.05, 0.1) is 6.54 Å². The molecule has 3 amide bonds. The smallest absolute Gasteiger partial charge is 0.382 e. The lowest BCUT2D eigenvalue weighted by atomic mass is 10.1. The lowest BCUT2D eigenvalue weighted by Gasteiger charge is -2.29. The zero-order valence-corrected chi connectivity index (χ0v) is 11.7. The Labute approximate surface area is 126 Å². The van der Waals surface area contributed by atoms with Crippen LogP contribution in [0.15, 0.2) is 0 Å². The Kier molecular flexibility index (Phi) is 6.22. The zero-order valence-electron chi connectivity index (χ0n) is 11.7. The van der Waals surface area contributed by atoms with Crippen LogP contribution < -0.4 is 10.6 Å². The molecule has 0 aromatic rings. The number of hydrogen-bond donors (Lipinski definition) is 3. The first-order chi connectivity index (χ1) is 10.4. The number of aliphatic hydroxyl groups is 1. The van der Waals surface area contributed by atoms with Crippen LogP contribution in [0.25, 0.3) is 0 Å². The van der Waals surface area contributed by atoms with E-state index in [-0.39, 0.29) is 13.0 Å². The molecule has 2 atom stereocenters. The summed E-state index contributed by atoms with van der Waals surface area (Å²) in [6, 6.07) is -2.74. The average Bonchev–Trinajstić information content (AvgIpc) is 2.81. The summed E-state index contributed by atoms with van der Waals surface area (Å²) in [4.78, 5) is 23.6. The normalized spacial score (nSPS) is 21.1. The summed E-state index contributed by atoms with van der Waals surface area (Å²) in [6.45, 7) is -2.20. The van der Waals surface area contributed by atoms with E-state index in [0.29, 0.717) is 6.42 Å². The van der Waals surface area contributed by atoms with Crippen LogP contribution in [-0.2, 0) is 4.79 Å². The molecule has 1 aliphatic heterocycles. The van der Waals surface area contributed by atoms with Crippen LogP contribution in [0.4, 0.5) is 31.1 Å². The monoisotopic (exact) mass is 351 g/mol. The van der Waals surface area contributed by atoms with Gasteiger partial charge in [-0.3, -0.25) is 15.0 Å². The van der Waals surface area contributed by atoms with Gasteiger partial charge in [-0.2, -0.15) is 26.3 Å². The van der Waals surface area contributed by atoms with Crippen molar-refractivity contribution in [2.24, 2.45) is 0 Å². The number of carbonyl (C=O) groups is 2. The number of halogens is 6. The number of urea groups is 1. The minimum atomic E-state index is -4.85. The van der Waals surface area contributed by atoms with E-state index in [9.17, 15) is 41.0 Å². The van der Waals surface area contributed by atoms with E-state index in [1.807, 2.05) is 0 Å². The van der Waals surface area contributed by atoms with Gasteiger partial charge >= 0.3 is 18.4 Å². The topological polar surface area (TPSA) is 81.7 Å². The third-order valence-electron chi connectivity index (χ3n) is 3.16. The number of rotatable bonds is 4. The van der Waals surface area contributed by atoms with Crippen LogP contribution in [-0.4, -0.2) is 66.1 Å². The van der Waals surface area contributed by atoms with Gasteiger partial charge < -0.3 is 10.4 Å². The first kappa shape index (κ1) is 19.5. The third kappa shape index (κ3) is 6.60. The number of nitrogens with one attached hydrogen (secondary N) is 2. The Morgan fingerprint density at radius 1 is 1.22 bits per heavy atom. The van der Waals surface area contributed by atoms with Gasteiger partial charge in [0.1, 0.15) is 6.54 Å². The largest absolute Gasteiger partial charge is 0.415 e. The number of nitrogens with zero attached hydrogens (tertiary/aromatic N) is 1. The second kappa shape index (κ2) is 7.34. The van der Waals surface area contributed by atoms with E-state index in [2.05, 4.69) is 0 Å². The molecule has 0 aromatic carbocycles.